The van der Waals surface area contributed by atoms with Crippen molar-refractivity contribution in [2.45, 2.75) is 63.9 Å². The van der Waals surface area contributed by atoms with Gasteiger partial charge in [-0.2, -0.15) is 5.10 Å². The van der Waals surface area contributed by atoms with Gasteiger partial charge in [0.2, 0.25) is 5.91 Å². The third-order valence-corrected chi connectivity index (χ3v) is 5.05. The van der Waals surface area contributed by atoms with Crippen LogP contribution in [0, 0.1) is 11.8 Å². The van der Waals surface area contributed by atoms with Crippen molar-refractivity contribution in [2.75, 3.05) is 0 Å². The van der Waals surface area contributed by atoms with Crippen molar-refractivity contribution in [1.82, 2.24) is 5.43 Å². The molecular weight excluding hydrogens is 280 g/mol. The molecule has 2 aliphatic carbocycles. The summed E-state index contributed by atoms with van der Waals surface area (Å²) in [6.45, 7) is 0. The molecule has 0 spiro atoms. The number of carbonyl (C=O) groups is 2. The molecule has 3 rings (SSSR count). The van der Waals surface area contributed by atoms with Crippen LogP contribution in [0.25, 0.3) is 0 Å². The molecule has 2 saturated carbocycles. The van der Waals surface area contributed by atoms with Crippen LogP contribution in [-0.2, 0) is 14.3 Å². The highest BCUT2D eigenvalue weighted by Crippen LogP contribution is 2.32. The summed E-state index contributed by atoms with van der Waals surface area (Å²) in [6.07, 6.45) is 12.4. The number of amides is 1. The molecule has 2 fully saturated rings. The van der Waals surface area contributed by atoms with E-state index < -0.39 is 0 Å². The van der Waals surface area contributed by atoms with E-state index in [1.54, 1.807) is 0 Å². The molecule has 3 aliphatic rings. The highest BCUT2D eigenvalue weighted by atomic mass is 16.5. The topological polar surface area (TPSA) is 67.8 Å². The number of carbonyl (C=O) groups excluding carboxylic acids is 2. The minimum atomic E-state index is -0.0331. The molecule has 0 aromatic heterocycles. The number of fused-ring (bicyclic) bond motifs is 1. The van der Waals surface area contributed by atoms with E-state index in [9.17, 15) is 9.59 Å². The van der Waals surface area contributed by atoms with Crippen LogP contribution in [0.4, 0.5) is 0 Å². The Kier molecular flexibility index (Phi) is 4.90. The number of hydrogen-bond acceptors (Lipinski definition) is 4. The number of hydrogen-bond donors (Lipinski definition) is 1. The minimum Gasteiger partial charge on any atom is -0.496 e. The van der Waals surface area contributed by atoms with Gasteiger partial charge in [-0.3, -0.25) is 9.59 Å². The van der Waals surface area contributed by atoms with E-state index in [1.807, 2.05) is 0 Å². The zero-order valence-electron chi connectivity index (χ0n) is 12.9. The molecule has 2 unspecified atom stereocenters. The van der Waals surface area contributed by atoms with E-state index in [-0.39, 0.29) is 29.6 Å². The van der Waals surface area contributed by atoms with Gasteiger partial charge in [0, 0.05) is 5.92 Å². The second-order valence-electron chi connectivity index (χ2n) is 6.57. The summed E-state index contributed by atoms with van der Waals surface area (Å²) in [6, 6.07) is 0. The van der Waals surface area contributed by atoms with Crippen LogP contribution >= 0.6 is 0 Å². The first kappa shape index (κ1) is 15.3. The molecule has 0 aromatic rings. The van der Waals surface area contributed by atoms with Crippen molar-refractivity contribution >= 4 is 17.9 Å². The van der Waals surface area contributed by atoms with Gasteiger partial charge in [-0.1, -0.05) is 25.7 Å². The molecule has 0 bridgehead atoms. The Labute approximate surface area is 131 Å². The van der Waals surface area contributed by atoms with E-state index in [1.165, 1.54) is 18.9 Å². The van der Waals surface area contributed by atoms with E-state index >= 15 is 0 Å². The van der Waals surface area contributed by atoms with Crippen molar-refractivity contribution in [1.29, 1.82) is 0 Å². The number of ketones is 1. The van der Waals surface area contributed by atoms with Crippen LogP contribution in [0.2, 0.25) is 0 Å². The third-order valence-electron chi connectivity index (χ3n) is 5.05. The summed E-state index contributed by atoms with van der Waals surface area (Å²) in [7, 11) is 0. The number of hydrazone groups is 1. The molecule has 1 amide bonds. The van der Waals surface area contributed by atoms with E-state index in [0.29, 0.717) is 5.57 Å². The first-order valence-electron chi connectivity index (χ1n) is 8.48. The first-order valence-corrected chi connectivity index (χ1v) is 8.48. The van der Waals surface area contributed by atoms with Gasteiger partial charge in [0.15, 0.2) is 5.78 Å². The van der Waals surface area contributed by atoms with Crippen molar-refractivity contribution in [3.05, 3.63) is 11.8 Å². The maximum absolute atomic E-state index is 12.4. The van der Waals surface area contributed by atoms with Crippen molar-refractivity contribution in [3.8, 4) is 0 Å². The molecule has 5 heteroatoms. The number of Topliss-reactive ketones (excluding diaryl/α,β-unsaturated/α-hetero) is 1. The second-order valence-corrected chi connectivity index (χ2v) is 6.57. The largest absolute Gasteiger partial charge is 0.496 e. The number of nitrogens with zero attached hydrogens (tertiary/aromatic N) is 1. The predicted molar refractivity (Wildman–Crippen MR) is 83.1 cm³/mol. The maximum atomic E-state index is 12.4. The average Bonchev–Trinajstić information content (AvgIpc) is 2.58. The minimum absolute atomic E-state index is 0.0312. The molecule has 0 aromatic carbocycles. The van der Waals surface area contributed by atoms with Crippen LogP contribution in [-0.4, -0.2) is 24.0 Å². The standard InChI is InChI=1S/C17H24N2O3/c20-16-13(11-22-15-9-5-4-8-14(15)16)10-18-19-17(21)12-6-2-1-3-7-12/h10-12,14-15H,1-9H2,(H,19,21)/b18-10+. The lowest BCUT2D eigenvalue weighted by atomic mass is 9.80. The van der Waals surface area contributed by atoms with E-state index in [2.05, 4.69) is 10.5 Å². The summed E-state index contributed by atoms with van der Waals surface area (Å²) >= 11 is 0. The summed E-state index contributed by atoms with van der Waals surface area (Å²) in [5.74, 6) is 0.109. The fourth-order valence-electron chi connectivity index (χ4n) is 3.71. The van der Waals surface area contributed by atoms with Gasteiger partial charge < -0.3 is 4.74 Å². The van der Waals surface area contributed by atoms with E-state index in [0.717, 1.165) is 51.4 Å². The second kappa shape index (κ2) is 7.07. The third kappa shape index (κ3) is 3.39. The molecule has 1 heterocycles. The van der Waals surface area contributed by atoms with Crippen LogP contribution in [0.3, 0.4) is 0 Å². The predicted octanol–water partition coefficient (Wildman–Crippen LogP) is 2.71. The molecule has 2 atom stereocenters. The smallest absolute Gasteiger partial charge is 0.243 e. The van der Waals surface area contributed by atoms with Crippen molar-refractivity contribution < 1.29 is 14.3 Å². The zero-order chi connectivity index (χ0) is 15.4. The number of ether oxygens (including phenoxy) is 1. The summed E-state index contributed by atoms with van der Waals surface area (Å²) in [5, 5.41) is 3.96. The Balaban J connectivity index is 1.54. The average molecular weight is 304 g/mol. The van der Waals surface area contributed by atoms with Crippen molar-refractivity contribution in [2.24, 2.45) is 16.9 Å². The number of rotatable bonds is 3. The molecule has 1 N–H and O–H groups in total. The Bertz CT molecular complexity index is 492. The molecule has 1 aliphatic heterocycles. The van der Waals surface area contributed by atoms with Gasteiger partial charge in [0.25, 0.3) is 0 Å². The Morgan fingerprint density at radius 2 is 1.86 bits per heavy atom. The number of allylic oxidation sites excluding steroid dienone is 1. The maximum Gasteiger partial charge on any atom is 0.243 e. The summed E-state index contributed by atoms with van der Waals surface area (Å²) in [4.78, 5) is 24.4. The Hall–Kier alpha value is -1.65. The zero-order valence-corrected chi connectivity index (χ0v) is 12.9. The number of nitrogens with one attached hydrogen (secondary N) is 1. The van der Waals surface area contributed by atoms with Crippen LogP contribution < -0.4 is 5.43 Å². The SMILES string of the molecule is O=C(N/N=C/C1=COC2CCCCC2C1=O)C1CCCCC1. The van der Waals surface area contributed by atoms with Crippen LogP contribution in [0.5, 0.6) is 0 Å². The van der Waals surface area contributed by atoms with Gasteiger partial charge in [-0.25, -0.2) is 5.43 Å². The molecule has 22 heavy (non-hydrogen) atoms. The lowest BCUT2D eigenvalue weighted by molar-refractivity contribution is -0.127. The van der Waals surface area contributed by atoms with E-state index in [4.69, 9.17) is 4.74 Å². The lowest BCUT2D eigenvalue weighted by Crippen LogP contribution is -2.37. The molecule has 5 nitrogen and oxygen atoms in total. The lowest BCUT2D eigenvalue weighted by Gasteiger charge is -2.33. The van der Waals surface area contributed by atoms with Gasteiger partial charge in [-0.15, -0.1) is 0 Å². The molecular formula is C17H24N2O3. The van der Waals surface area contributed by atoms with Gasteiger partial charge in [0.1, 0.15) is 6.10 Å². The van der Waals surface area contributed by atoms with Crippen molar-refractivity contribution in [3.63, 3.8) is 0 Å². The Morgan fingerprint density at radius 1 is 1.14 bits per heavy atom. The highest BCUT2D eigenvalue weighted by molar-refractivity contribution is 6.14. The van der Waals surface area contributed by atoms with Gasteiger partial charge in [-0.05, 0) is 32.1 Å². The fourth-order valence-corrected chi connectivity index (χ4v) is 3.71. The quantitative estimate of drug-likeness (QED) is 0.644. The Morgan fingerprint density at radius 3 is 2.68 bits per heavy atom. The normalized spacial score (nSPS) is 29.6. The molecule has 0 radical (unpaired) electrons. The molecule has 120 valence electrons. The summed E-state index contributed by atoms with van der Waals surface area (Å²) in [5.41, 5.74) is 3.04. The monoisotopic (exact) mass is 304 g/mol. The summed E-state index contributed by atoms with van der Waals surface area (Å²) < 4.78 is 5.65. The molecule has 0 saturated heterocycles. The highest BCUT2D eigenvalue weighted by Gasteiger charge is 2.36. The van der Waals surface area contributed by atoms with Gasteiger partial charge >= 0.3 is 0 Å². The van der Waals surface area contributed by atoms with Gasteiger partial charge in [0.05, 0.1) is 24.0 Å². The van der Waals surface area contributed by atoms with Crippen LogP contribution in [0.1, 0.15) is 57.8 Å². The first-order chi connectivity index (χ1) is 10.8. The van der Waals surface area contributed by atoms with Crippen LogP contribution in [0.15, 0.2) is 16.9 Å². The fraction of sp³-hybridized carbons (Fsp3) is 0.706.